The number of aliphatic hydroxyl groups excluding tert-OH is 2. The molecule has 0 amide bonds. The first-order valence-electron chi connectivity index (χ1n) is 42.3. The number of aromatic nitrogens is 4. The molecule has 672 valence electrons. The SMILES string of the molecule is CC(=O)C=C(C)O.CC(=O)C=C(C)O.O=P12c3ccccc3Oc3[c-]c4c(ccc5cccnc54)c(c31)Oc1ccccc12.O=P12c3ccccc3Oc3[c-]c4c(ccc5cccnc54)c(c31)Oc1ccccc12.[Ir].[Ir].[Ir].[Ir].[c-]1c2c3c(c4ccc5cccnc5c14)Oc1ccccc1P3c1ccccc1O2.[c-]1c2c3c(c4ccc5cccnc5c14)Oc1ccccc1P3c1ccccc1O2. The molecule has 26 heteroatoms. The average molecular weight is 2560 g/mol. The second kappa shape index (κ2) is 37.2. The number of carbonyl (C=O) groups excluding carboxylic acids is 2. The minimum absolute atomic E-state index is 0. The van der Waals surface area contributed by atoms with Gasteiger partial charge in [0.2, 0.25) is 0 Å². The summed E-state index contributed by atoms with van der Waals surface area (Å²) in [4.78, 5) is 38.4. The molecule has 18 nitrogen and oxygen atoms in total. The maximum absolute atomic E-state index is 14.9. The number of nitrogens with zero attached hydrogens (tertiary/aromatic N) is 4. The Morgan fingerprint density at radius 3 is 0.801 bits per heavy atom. The number of para-hydroxylation sites is 8. The van der Waals surface area contributed by atoms with Gasteiger partial charge in [-0.05, 0) is 195 Å². The van der Waals surface area contributed by atoms with Crippen molar-refractivity contribution in [3.05, 3.63) is 364 Å². The van der Waals surface area contributed by atoms with E-state index in [1.165, 1.54) is 61.1 Å². The molecule has 20 aromatic rings. The summed E-state index contributed by atoms with van der Waals surface area (Å²) in [5.41, 5.74) is 3.46. The Morgan fingerprint density at radius 1 is 0.287 bits per heavy atom. The van der Waals surface area contributed by atoms with E-state index in [9.17, 15) is 18.7 Å². The zero-order valence-electron chi connectivity index (χ0n) is 71.9. The predicted octanol–water partition coefficient (Wildman–Crippen LogP) is 22.5. The van der Waals surface area contributed by atoms with Gasteiger partial charge in [-0.3, -0.25) is 9.59 Å². The van der Waals surface area contributed by atoms with Gasteiger partial charge in [-0.25, -0.2) is 0 Å². The van der Waals surface area contributed by atoms with Crippen LogP contribution in [0.5, 0.6) is 92.0 Å². The van der Waals surface area contributed by atoms with Crippen molar-refractivity contribution in [3.63, 3.8) is 0 Å². The van der Waals surface area contributed by atoms with E-state index in [4.69, 9.17) is 48.1 Å². The number of carbonyl (C=O) groups is 2. The molecular formula is C110H68Ir4N4O14P4-4. The van der Waals surface area contributed by atoms with Crippen molar-refractivity contribution >= 4 is 192 Å². The Balaban J connectivity index is 0.000000110. The van der Waals surface area contributed by atoms with Gasteiger partial charge in [0.1, 0.15) is 60.3 Å². The number of ketones is 2. The number of fused-ring (bicyclic) bond motifs is 32. The van der Waals surface area contributed by atoms with Crippen molar-refractivity contribution in [3.8, 4) is 92.0 Å². The quantitative estimate of drug-likeness (QED) is 0.0538. The molecule has 4 radical (unpaired) electrons. The molecule has 4 unspecified atom stereocenters. The smallest absolute Gasteiger partial charge is 0.155 e. The third-order valence-corrected chi connectivity index (χ3v) is 35.0. The van der Waals surface area contributed by atoms with Gasteiger partial charge in [0, 0.05) is 149 Å². The van der Waals surface area contributed by atoms with Crippen LogP contribution in [0.4, 0.5) is 0 Å². The van der Waals surface area contributed by atoms with Crippen LogP contribution in [0.2, 0.25) is 0 Å². The zero-order chi connectivity index (χ0) is 89.4. The van der Waals surface area contributed by atoms with Crippen molar-refractivity contribution in [2.24, 2.45) is 0 Å². The topological polar surface area (TPSA) is 234 Å². The summed E-state index contributed by atoms with van der Waals surface area (Å²) in [6.45, 7) is 5.70. The number of pyridine rings is 4. The molecular weight excluding hydrogens is 2490 g/mol. The van der Waals surface area contributed by atoms with Gasteiger partial charge in [-0.2, -0.15) is 0 Å². The fraction of sp³-hybridized carbons (Fsp3) is 0.0364. The van der Waals surface area contributed by atoms with Crippen LogP contribution < -0.4 is 102 Å². The molecule has 0 fully saturated rings. The molecule has 16 aromatic carbocycles. The van der Waals surface area contributed by atoms with E-state index in [0.29, 0.717) is 77.8 Å². The van der Waals surface area contributed by atoms with E-state index in [0.717, 1.165) is 143 Å². The Labute approximate surface area is 835 Å². The Kier molecular flexibility index (Phi) is 25.2. The summed E-state index contributed by atoms with van der Waals surface area (Å²) in [6, 6.07) is 110. The summed E-state index contributed by atoms with van der Waals surface area (Å²) in [5, 5.41) is 39.1. The normalized spacial score (nSPS) is 15.9. The molecule has 4 atom stereocenters. The number of rotatable bonds is 2. The summed E-state index contributed by atoms with van der Waals surface area (Å²) in [7, 11) is -7.90. The van der Waals surface area contributed by atoms with E-state index in [2.05, 4.69) is 141 Å². The molecule has 0 bridgehead atoms. The van der Waals surface area contributed by atoms with Crippen molar-refractivity contribution in [1.82, 2.24) is 19.9 Å². The first-order chi connectivity index (χ1) is 64.5. The Bertz CT molecular complexity index is 8050. The minimum Gasteiger partial charge on any atom is -0.512 e. The average Bonchev–Trinajstić information content (AvgIpc) is 0.689. The van der Waals surface area contributed by atoms with Gasteiger partial charge in [0.15, 0.2) is 11.6 Å². The number of hydrogen-bond donors (Lipinski definition) is 2. The van der Waals surface area contributed by atoms with Gasteiger partial charge in [-0.15, -0.1) is 21.5 Å². The fourth-order valence-corrected chi connectivity index (χ4v) is 29.4. The van der Waals surface area contributed by atoms with Crippen molar-refractivity contribution in [2.75, 3.05) is 0 Å². The molecule has 8 aliphatic heterocycles. The van der Waals surface area contributed by atoms with Crippen LogP contribution in [0.15, 0.2) is 340 Å². The maximum Gasteiger partial charge on any atom is 0.155 e. The number of benzene rings is 16. The summed E-state index contributed by atoms with van der Waals surface area (Å²) >= 11 is 0. The molecule has 12 heterocycles. The van der Waals surface area contributed by atoms with Crippen LogP contribution in [0.25, 0.3) is 86.7 Å². The van der Waals surface area contributed by atoms with Crippen LogP contribution >= 0.6 is 30.1 Å². The van der Waals surface area contributed by atoms with Crippen molar-refractivity contribution in [2.45, 2.75) is 27.7 Å². The van der Waals surface area contributed by atoms with Crippen molar-refractivity contribution in [1.29, 1.82) is 0 Å². The predicted molar refractivity (Wildman–Crippen MR) is 523 cm³/mol. The van der Waals surface area contributed by atoms with E-state index < -0.39 is 30.1 Å². The second-order valence-electron chi connectivity index (χ2n) is 32.0. The van der Waals surface area contributed by atoms with Crippen molar-refractivity contribution < 1.29 is 147 Å². The molecule has 28 rings (SSSR count). The molecule has 2 N–H and O–H groups in total. The summed E-state index contributed by atoms with van der Waals surface area (Å²) in [5.74, 6) is 11.2. The van der Waals surface area contributed by atoms with E-state index in [-0.39, 0.29) is 104 Å². The van der Waals surface area contributed by atoms with E-state index >= 15 is 0 Å². The summed E-state index contributed by atoms with van der Waals surface area (Å²) < 4.78 is 80.6. The maximum atomic E-state index is 14.9. The largest absolute Gasteiger partial charge is 0.512 e. The van der Waals surface area contributed by atoms with Crippen LogP contribution in [0, 0.1) is 24.3 Å². The van der Waals surface area contributed by atoms with Gasteiger partial charge in [-0.1, -0.05) is 240 Å². The number of allylic oxidation sites excluding steroid dienone is 4. The number of hydrogen-bond acceptors (Lipinski definition) is 18. The number of ether oxygens (including phenoxy) is 8. The van der Waals surface area contributed by atoms with Crippen LogP contribution in [-0.2, 0) is 99.1 Å². The first kappa shape index (κ1) is 92.0. The standard InChI is InChI=1S/2C25H13NO3P.2C25H13NO2P.2C5H8O2.4Ir/c2*27-30-21-9-3-1-7-18(21)28-20-14-17-16(12-11-15-6-5-13-26-23(15)17)24(25(20)30)29-19-8-2-4-10-22(19)30;2*1-3-9-21-18(7-1)27-20-14-17-16(12-11-15-6-5-13-26-23(15)17)24-25(20)29(21)22-10-4-2-8-19(22)28-24;2*1-4(6)3-5(2)7;;;;/h2*1-13H;2*1-13H;2*3,6H,1-2H3;;;;/q4*-1;;;;;;. The fourth-order valence-electron chi connectivity index (χ4n) is 18.2. The Morgan fingerprint density at radius 2 is 0.522 bits per heavy atom. The zero-order valence-corrected chi connectivity index (χ0v) is 85.0. The molecule has 4 aromatic heterocycles. The molecule has 136 heavy (non-hydrogen) atoms. The molecule has 8 aliphatic rings. The third-order valence-electron chi connectivity index (χ3n) is 23.6. The van der Waals surface area contributed by atoms with Crippen LogP contribution in [-0.4, -0.2) is 41.7 Å². The van der Waals surface area contributed by atoms with Gasteiger partial charge in [0.05, 0.1) is 78.7 Å². The second-order valence-corrected chi connectivity index (χ2v) is 41.4. The van der Waals surface area contributed by atoms with Crippen LogP contribution in [0.3, 0.4) is 0 Å². The third kappa shape index (κ3) is 15.5. The van der Waals surface area contributed by atoms with E-state index in [1.54, 1.807) is 12.4 Å². The van der Waals surface area contributed by atoms with Gasteiger partial charge < -0.3 is 77.2 Å². The monoisotopic (exact) mass is 2560 g/mol. The summed E-state index contributed by atoms with van der Waals surface area (Å²) in [6.07, 6.45) is 9.50. The molecule has 0 aliphatic carbocycles. The molecule has 0 spiro atoms. The first-order valence-corrected chi connectivity index (χ1v) is 48.4. The van der Waals surface area contributed by atoms with Gasteiger partial charge in [0.25, 0.3) is 0 Å². The van der Waals surface area contributed by atoms with E-state index in [1.807, 2.05) is 207 Å². The van der Waals surface area contributed by atoms with Crippen LogP contribution in [0.1, 0.15) is 27.7 Å². The minimum atomic E-state index is -3.18. The number of aliphatic hydroxyl groups is 2. The molecule has 0 saturated heterocycles. The Hall–Kier alpha value is -13.1. The van der Waals surface area contributed by atoms with Gasteiger partial charge >= 0.3 is 0 Å². The molecule has 0 saturated carbocycles.